The molecule has 0 N–H and O–H groups in total. The summed E-state index contributed by atoms with van der Waals surface area (Å²) in [7, 11) is 0. The average Bonchev–Trinajstić information content (AvgIpc) is 2.26. The number of hydrogen-bond acceptors (Lipinski definition) is 2. The molecule has 0 bridgehead atoms. The van der Waals surface area contributed by atoms with Crippen LogP contribution < -0.4 is 0 Å². The van der Waals surface area contributed by atoms with E-state index in [1.807, 2.05) is 0 Å². The first-order valence-electron chi connectivity index (χ1n) is 4.67. The molecule has 0 aromatic rings. The Kier molecular flexibility index (Phi) is 1.16. The van der Waals surface area contributed by atoms with Gasteiger partial charge in [-0.3, -0.25) is 0 Å². The SMILES string of the molecule is C1COC23CCC2CCC3O1. The van der Waals surface area contributed by atoms with Crippen molar-refractivity contribution < 1.29 is 9.47 Å². The quantitative estimate of drug-likeness (QED) is 0.524. The molecule has 3 atom stereocenters. The highest BCUT2D eigenvalue weighted by Crippen LogP contribution is 2.55. The minimum atomic E-state index is 0.207. The molecule has 3 fully saturated rings. The van der Waals surface area contributed by atoms with Crippen LogP contribution in [0.4, 0.5) is 0 Å². The number of hydrogen-bond donors (Lipinski definition) is 0. The molecule has 2 heteroatoms. The van der Waals surface area contributed by atoms with Crippen molar-refractivity contribution in [3.63, 3.8) is 0 Å². The summed E-state index contributed by atoms with van der Waals surface area (Å²) in [5, 5.41) is 0. The molecule has 3 rings (SSSR count). The first-order chi connectivity index (χ1) is 5.42. The van der Waals surface area contributed by atoms with E-state index < -0.39 is 0 Å². The molecule has 1 saturated heterocycles. The zero-order valence-electron chi connectivity index (χ0n) is 6.71. The molecule has 1 aliphatic heterocycles. The molecule has 3 aliphatic rings. The second-order valence-electron chi connectivity index (χ2n) is 3.98. The van der Waals surface area contributed by atoms with Crippen molar-refractivity contribution in [1.29, 1.82) is 0 Å². The van der Waals surface area contributed by atoms with Crippen LogP contribution >= 0.6 is 0 Å². The third kappa shape index (κ3) is 0.651. The van der Waals surface area contributed by atoms with Gasteiger partial charge in [-0.2, -0.15) is 0 Å². The summed E-state index contributed by atoms with van der Waals surface area (Å²) in [4.78, 5) is 0. The van der Waals surface area contributed by atoms with Crippen molar-refractivity contribution in [2.45, 2.75) is 37.4 Å². The molecule has 3 unspecified atom stereocenters. The predicted molar refractivity (Wildman–Crippen MR) is 40.4 cm³/mol. The third-order valence-corrected chi connectivity index (χ3v) is 3.67. The maximum absolute atomic E-state index is 5.86. The lowest BCUT2D eigenvalue weighted by atomic mass is 9.70. The van der Waals surface area contributed by atoms with Crippen LogP contribution in [0.1, 0.15) is 25.7 Å². The lowest BCUT2D eigenvalue weighted by Gasteiger charge is -2.50. The molecule has 1 heterocycles. The minimum Gasteiger partial charge on any atom is -0.373 e. The molecule has 1 spiro atoms. The standard InChI is InChI=1S/C9H14O2/c1-2-8-9(4-3-7(1)9)11-6-5-10-8/h7-8H,1-6H2. The van der Waals surface area contributed by atoms with Gasteiger partial charge < -0.3 is 9.47 Å². The molecule has 2 saturated carbocycles. The molecule has 0 amide bonds. The fraction of sp³-hybridized carbons (Fsp3) is 1.00. The molecule has 62 valence electrons. The highest BCUT2D eigenvalue weighted by atomic mass is 16.6. The smallest absolute Gasteiger partial charge is 0.0972 e. The first kappa shape index (κ1) is 6.44. The van der Waals surface area contributed by atoms with Crippen molar-refractivity contribution in [3.05, 3.63) is 0 Å². The topological polar surface area (TPSA) is 18.5 Å². The van der Waals surface area contributed by atoms with Gasteiger partial charge in [-0.05, 0) is 31.6 Å². The van der Waals surface area contributed by atoms with Crippen molar-refractivity contribution >= 4 is 0 Å². The van der Waals surface area contributed by atoms with E-state index in [0.717, 1.165) is 19.1 Å². The van der Waals surface area contributed by atoms with Gasteiger partial charge in [-0.15, -0.1) is 0 Å². The number of ether oxygens (including phenoxy) is 2. The van der Waals surface area contributed by atoms with E-state index in [1.54, 1.807) is 0 Å². The van der Waals surface area contributed by atoms with Gasteiger partial charge in [0.15, 0.2) is 0 Å². The highest BCUT2D eigenvalue weighted by molar-refractivity contribution is 5.09. The summed E-state index contributed by atoms with van der Waals surface area (Å²) in [6, 6.07) is 0. The Morgan fingerprint density at radius 2 is 2.09 bits per heavy atom. The first-order valence-corrected chi connectivity index (χ1v) is 4.67. The van der Waals surface area contributed by atoms with E-state index in [2.05, 4.69) is 0 Å². The van der Waals surface area contributed by atoms with Gasteiger partial charge in [0.05, 0.1) is 24.9 Å². The monoisotopic (exact) mass is 154 g/mol. The Labute approximate surface area is 66.9 Å². The van der Waals surface area contributed by atoms with Crippen LogP contribution in [0.3, 0.4) is 0 Å². The average molecular weight is 154 g/mol. The maximum Gasteiger partial charge on any atom is 0.0972 e. The summed E-state index contributed by atoms with van der Waals surface area (Å²) >= 11 is 0. The molecule has 0 aromatic carbocycles. The maximum atomic E-state index is 5.86. The van der Waals surface area contributed by atoms with Crippen LogP contribution in [0.2, 0.25) is 0 Å². The van der Waals surface area contributed by atoms with Gasteiger partial charge in [-0.1, -0.05) is 0 Å². The molecule has 11 heavy (non-hydrogen) atoms. The van der Waals surface area contributed by atoms with E-state index in [-0.39, 0.29) is 5.60 Å². The molecule has 0 aromatic heterocycles. The van der Waals surface area contributed by atoms with Crippen LogP contribution in [0, 0.1) is 5.92 Å². The molecule has 2 nitrogen and oxygen atoms in total. The zero-order chi connectivity index (χ0) is 7.31. The fourth-order valence-electron chi connectivity index (χ4n) is 2.97. The Morgan fingerprint density at radius 1 is 1.09 bits per heavy atom. The van der Waals surface area contributed by atoms with E-state index in [1.165, 1.54) is 25.7 Å². The Bertz CT molecular complexity index is 178. The van der Waals surface area contributed by atoms with E-state index in [9.17, 15) is 0 Å². The van der Waals surface area contributed by atoms with E-state index in [0.29, 0.717) is 6.10 Å². The summed E-state index contributed by atoms with van der Waals surface area (Å²) in [5.74, 6) is 0.841. The van der Waals surface area contributed by atoms with Crippen molar-refractivity contribution in [2.24, 2.45) is 5.92 Å². The molecule has 0 radical (unpaired) electrons. The Morgan fingerprint density at radius 3 is 2.82 bits per heavy atom. The summed E-state index contributed by atoms with van der Waals surface area (Å²) in [6.07, 6.45) is 5.66. The summed E-state index contributed by atoms with van der Waals surface area (Å²) in [6.45, 7) is 1.64. The second kappa shape index (κ2) is 1.99. The van der Waals surface area contributed by atoms with Gasteiger partial charge in [0.2, 0.25) is 0 Å². The fourth-order valence-corrected chi connectivity index (χ4v) is 2.97. The van der Waals surface area contributed by atoms with Crippen LogP contribution in [-0.4, -0.2) is 24.9 Å². The van der Waals surface area contributed by atoms with Gasteiger partial charge in [0, 0.05) is 0 Å². The lowest BCUT2D eigenvalue weighted by molar-refractivity contribution is -0.238. The summed E-state index contributed by atoms with van der Waals surface area (Å²) < 4.78 is 11.6. The van der Waals surface area contributed by atoms with Gasteiger partial charge in [0.1, 0.15) is 0 Å². The van der Waals surface area contributed by atoms with Crippen molar-refractivity contribution in [1.82, 2.24) is 0 Å². The van der Waals surface area contributed by atoms with E-state index in [4.69, 9.17) is 9.47 Å². The minimum absolute atomic E-state index is 0.207. The van der Waals surface area contributed by atoms with E-state index >= 15 is 0 Å². The Hall–Kier alpha value is -0.0800. The highest BCUT2D eigenvalue weighted by Gasteiger charge is 2.59. The molecular formula is C9H14O2. The third-order valence-electron chi connectivity index (χ3n) is 3.67. The van der Waals surface area contributed by atoms with Crippen molar-refractivity contribution in [3.8, 4) is 0 Å². The number of rotatable bonds is 0. The van der Waals surface area contributed by atoms with Gasteiger partial charge in [0.25, 0.3) is 0 Å². The van der Waals surface area contributed by atoms with Crippen LogP contribution in [0.25, 0.3) is 0 Å². The van der Waals surface area contributed by atoms with Crippen LogP contribution in [0.15, 0.2) is 0 Å². The van der Waals surface area contributed by atoms with Gasteiger partial charge in [-0.25, -0.2) is 0 Å². The Balaban J connectivity index is 1.89. The molecule has 2 aliphatic carbocycles. The zero-order valence-corrected chi connectivity index (χ0v) is 6.71. The lowest BCUT2D eigenvalue weighted by Crippen LogP contribution is -2.56. The van der Waals surface area contributed by atoms with Crippen LogP contribution in [0.5, 0.6) is 0 Å². The normalized spacial score (nSPS) is 54.5. The predicted octanol–water partition coefficient (Wildman–Crippen LogP) is 1.34. The molecular weight excluding hydrogens is 140 g/mol. The summed E-state index contributed by atoms with van der Waals surface area (Å²) in [5.41, 5.74) is 0.207. The van der Waals surface area contributed by atoms with Crippen LogP contribution in [-0.2, 0) is 9.47 Å². The van der Waals surface area contributed by atoms with Crippen molar-refractivity contribution in [2.75, 3.05) is 13.2 Å². The largest absolute Gasteiger partial charge is 0.373 e. The van der Waals surface area contributed by atoms with Gasteiger partial charge >= 0.3 is 0 Å². The second-order valence-corrected chi connectivity index (χ2v) is 3.98.